The van der Waals surface area contributed by atoms with Crippen molar-refractivity contribution >= 4 is 0 Å². The summed E-state index contributed by atoms with van der Waals surface area (Å²) in [5, 5.41) is 3.21. The lowest BCUT2D eigenvalue weighted by molar-refractivity contribution is 0.580. The van der Waals surface area contributed by atoms with Crippen molar-refractivity contribution in [3.05, 3.63) is 47.9 Å². The molecule has 0 aliphatic carbocycles. The zero-order valence-corrected chi connectivity index (χ0v) is 11.9. The van der Waals surface area contributed by atoms with E-state index in [2.05, 4.69) is 48.4 Å². The van der Waals surface area contributed by atoms with Crippen molar-refractivity contribution in [2.45, 2.75) is 26.2 Å². The molecule has 1 heterocycles. The summed E-state index contributed by atoms with van der Waals surface area (Å²) in [6.07, 6.45) is 2.90. The van der Waals surface area contributed by atoms with E-state index in [0.29, 0.717) is 5.92 Å². The number of benzene rings is 1. The van der Waals surface area contributed by atoms with Crippen LogP contribution >= 0.6 is 0 Å². The highest BCUT2D eigenvalue weighted by Gasteiger charge is 2.12. The number of nitrogens with one attached hydrogen (secondary N) is 1. The number of hydrogen-bond acceptors (Lipinski definition) is 3. The smallest absolute Gasteiger partial charge is 0.133 e. The first-order valence-corrected chi connectivity index (χ1v) is 6.79. The number of hydrogen-bond donors (Lipinski definition) is 1. The molecule has 0 fully saturated rings. The molecular formula is C16H21N3. The van der Waals surface area contributed by atoms with Crippen LogP contribution in [0, 0.1) is 6.92 Å². The number of nitrogens with zero attached hydrogens (tertiary/aromatic N) is 2. The van der Waals surface area contributed by atoms with E-state index in [9.17, 15) is 0 Å². The van der Waals surface area contributed by atoms with Crippen molar-refractivity contribution in [2.75, 3.05) is 13.6 Å². The predicted molar refractivity (Wildman–Crippen MR) is 79.2 cm³/mol. The van der Waals surface area contributed by atoms with Gasteiger partial charge in [0.2, 0.25) is 0 Å². The van der Waals surface area contributed by atoms with Crippen LogP contribution in [0.25, 0.3) is 11.3 Å². The van der Waals surface area contributed by atoms with Gasteiger partial charge < -0.3 is 5.32 Å². The van der Waals surface area contributed by atoms with Crippen LogP contribution in [0.15, 0.2) is 36.5 Å². The van der Waals surface area contributed by atoms with Gasteiger partial charge in [0.1, 0.15) is 5.82 Å². The Morgan fingerprint density at radius 3 is 2.79 bits per heavy atom. The maximum atomic E-state index is 4.72. The Morgan fingerprint density at radius 1 is 1.26 bits per heavy atom. The van der Waals surface area contributed by atoms with Crippen LogP contribution in [-0.2, 0) is 0 Å². The zero-order valence-electron chi connectivity index (χ0n) is 11.9. The average Bonchev–Trinajstić information content (AvgIpc) is 2.45. The molecule has 2 aromatic rings. The normalized spacial score (nSPS) is 12.4. The fraction of sp³-hybridized carbons (Fsp3) is 0.375. The van der Waals surface area contributed by atoms with Gasteiger partial charge in [0.15, 0.2) is 0 Å². The first kappa shape index (κ1) is 13.7. The Labute approximate surface area is 115 Å². The Balaban J connectivity index is 2.33. The fourth-order valence-electron chi connectivity index (χ4n) is 2.20. The molecule has 1 aromatic heterocycles. The molecule has 2 rings (SSSR count). The standard InChI is InChI=1S/C16H21N3/c1-4-13(11-17-3)16-18-9-8-15(19-16)14-7-5-6-12(2)10-14/h5-10,13,17H,4,11H2,1-3H3. The molecule has 0 amide bonds. The van der Waals surface area contributed by atoms with Crippen molar-refractivity contribution in [1.82, 2.24) is 15.3 Å². The van der Waals surface area contributed by atoms with E-state index in [1.54, 1.807) is 0 Å². The summed E-state index contributed by atoms with van der Waals surface area (Å²) >= 11 is 0. The number of likely N-dealkylation sites (N-methyl/N-ethyl adjacent to an activating group) is 1. The minimum Gasteiger partial charge on any atom is -0.319 e. The van der Waals surface area contributed by atoms with Gasteiger partial charge in [-0.3, -0.25) is 0 Å². The van der Waals surface area contributed by atoms with Gasteiger partial charge >= 0.3 is 0 Å². The number of aryl methyl sites for hydroxylation is 1. The molecule has 3 nitrogen and oxygen atoms in total. The van der Waals surface area contributed by atoms with E-state index in [0.717, 1.165) is 30.0 Å². The molecule has 0 saturated heterocycles. The van der Waals surface area contributed by atoms with Crippen LogP contribution in [-0.4, -0.2) is 23.6 Å². The van der Waals surface area contributed by atoms with E-state index in [4.69, 9.17) is 4.98 Å². The van der Waals surface area contributed by atoms with Gasteiger partial charge in [-0.1, -0.05) is 30.7 Å². The lowest BCUT2D eigenvalue weighted by Crippen LogP contribution is -2.18. The predicted octanol–water partition coefficient (Wildman–Crippen LogP) is 3.17. The third-order valence-corrected chi connectivity index (χ3v) is 3.30. The topological polar surface area (TPSA) is 37.8 Å². The fourth-order valence-corrected chi connectivity index (χ4v) is 2.20. The lowest BCUT2D eigenvalue weighted by Gasteiger charge is -2.13. The van der Waals surface area contributed by atoms with Crippen LogP contribution in [0.5, 0.6) is 0 Å². The minimum absolute atomic E-state index is 0.370. The maximum Gasteiger partial charge on any atom is 0.133 e. The lowest BCUT2D eigenvalue weighted by atomic mass is 10.0. The Morgan fingerprint density at radius 2 is 2.11 bits per heavy atom. The van der Waals surface area contributed by atoms with Crippen LogP contribution in [0.1, 0.15) is 30.7 Å². The SMILES string of the molecule is CCC(CNC)c1nccc(-c2cccc(C)c2)n1. The van der Waals surface area contributed by atoms with Crippen molar-refractivity contribution in [1.29, 1.82) is 0 Å². The Hall–Kier alpha value is -1.74. The van der Waals surface area contributed by atoms with Crippen molar-refractivity contribution in [3.8, 4) is 11.3 Å². The van der Waals surface area contributed by atoms with Gasteiger partial charge in [-0.2, -0.15) is 0 Å². The average molecular weight is 255 g/mol. The summed E-state index contributed by atoms with van der Waals surface area (Å²) in [4.78, 5) is 9.15. The van der Waals surface area contributed by atoms with E-state index in [1.807, 2.05) is 19.3 Å². The third kappa shape index (κ3) is 3.38. The van der Waals surface area contributed by atoms with Crippen molar-refractivity contribution < 1.29 is 0 Å². The Kier molecular flexibility index (Phi) is 4.63. The van der Waals surface area contributed by atoms with E-state index in [-0.39, 0.29) is 0 Å². The highest BCUT2D eigenvalue weighted by Crippen LogP contribution is 2.21. The molecule has 1 N–H and O–H groups in total. The summed E-state index contributed by atoms with van der Waals surface area (Å²) in [5.74, 6) is 1.30. The molecule has 0 spiro atoms. The number of rotatable bonds is 5. The summed E-state index contributed by atoms with van der Waals surface area (Å²) in [6, 6.07) is 10.4. The molecule has 0 bridgehead atoms. The molecule has 0 radical (unpaired) electrons. The van der Waals surface area contributed by atoms with Gasteiger partial charge in [-0.05, 0) is 32.5 Å². The second-order valence-corrected chi connectivity index (χ2v) is 4.83. The molecule has 1 aromatic carbocycles. The highest BCUT2D eigenvalue weighted by molar-refractivity contribution is 5.59. The molecule has 0 aliphatic rings. The molecule has 1 atom stereocenters. The van der Waals surface area contributed by atoms with E-state index >= 15 is 0 Å². The second kappa shape index (κ2) is 6.43. The quantitative estimate of drug-likeness (QED) is 0.891. The maximum absolute atomic E-state index is 4.72. The molecule has 19 heavy (non-hydrogen) atoms. The highest BCUT2D eigenvalue weighted by atomic mass is 14.9. The monoisotopic (exact) mass is 255 g/mol. The van der Waals surface area contributed by atoms with Crippen LogP contribution in [0.4, 0.5) is 0 Å². The molecule has 100 valence electrons. The van der Waals surface area contributed by atoms with Gasteiger partial charge in [0.25, 0.3) is 0 Å². The van der Waals surface area contributed by atoms with Crippen molar-refractivity contribution in [2.24, 2.45) is 0 Å². The summed E-state index contributed by atoms with van der Waals surface area (Å²) in [5.41, 5.74) is 3.41. The second-order valence-electron chi connectivity index (χ2n) is 4.83. The summed E-state index contributed by atoms with van der Waals surface area (Å²) in [6.45, 7) is 5.18. The van der Waals surface area contributed by atoms with Gasteiger partial charge in [-0.25, -0.2) is 9.97 Å². The molecule has 3 heteroatoms. The molecular weight excluding hydrogens is 234 g/mol. The Bertz CT molecular complexity index is 537. The third-order valence-electron chi connectivity index (χ3n) is 3.30. The number of aromatic nitrogens is 2. The van der Waals surface area contributed by atoms with Crippen LogP contribution in [0.2, 0.25) is 0 Å². The van der Waals surface area contributed by atoms with Gasteiger partial charge in [0.05, 0.1) is 5.69 Å². The minimum atomic E-state index is 0.370. The molecule has 0 saturated carbocycles. The van der Waals surface area contributed by atoms with E-state index < -0.39 is 0 Å². The largest absolute Gasteiger partial charge is 0.319 e. The molecule has 0 aliphatic heterocycles. The molecule has 1 unspecified atom stereocenters. The first-order chi connectivity index (χ1) is 9.24. The first-order valence-electron chi connectivity index (χ1n) is 6.79. The van der Waals surface area contributed by atoms with Gasteiger partial charge in [-0.15, -0.1) is 0 Å². The van der Waals surface area contributed by atoms with Crippen molar-refractivity contribution in [3.63, 3.8) is 0 Å². The summed E-state index contributed by atoms with van der Waals surface area (Å²) in [7, 11) is 1.97. The zero-order chi connectivity index (χ0) is 13.7. The summed E-state index contributed by atoms with van der Waals surface area (Å²) < 4.78 is 0. The van der Waals surface area contributed by atoms with Crippen LogP contribution in [0.3, 0.4) is 0 Å². The van der Waals surface area contributed by atoms with Crippen LogP contribution < -0.4 is 5.32 Å². The van der Waals surface area contributed by atoms with E-state index in [1.165, 1.54) is 5.56 Å². The van der Waals surface area contributed by atoms with Gasteiger partial charge in [0, 0.05) is 24.2 Å².